The summed E-state index contributed by atoms with van der Waals surface area (Å²) in [5.41, 5.74) is 12.0. The molecule has 0 bridgehead atoms. The van der Waals surface area contributed by atoms with Gasteiger partial charge in [0, 0.05) is 60.8 Å². The van der Waals surface area contributed by atoms with Crippen LogP contribution in [0.2, 0.25) is 0 Å². The molecule has 1 aliphatic heterocycles. The Bertz CT molecular complexity index is 1930. The van der Waals surface area contributed by atoms with E-state index < -0.39 is 0 Å². The van der Waals surface area contributed by atoms with Gasteiger partial charge in [-0.05, 0) is 36.1 Å². The summed E-state index contributed by atoms with van der Waals surface area (Å²) in [5, 5.41) is 2.85. The number of hydrogen-bond acceptors (Lipinski definition) is 8. The van der Waals surface area contributed by atoms with Crippen molar-refractivity contribution in [2.75, 3.05) is 58.0 Å². The number of anilines is 2. The van der Waals surface area contributed by atoms with Gasteiger partial charge >= 0.3 is 0 Å². The molecular weight excluding hydrogens is 574 g/mol. The fourth-order valence-corrected chi connectivity index (χ4v) is 7.45. The fraction of sp³-hybridized carbons (Fsp3) is 0.394. The molecule has 3 N–H and O–H groups in total. The van der Waals surface area contributed by atoms with Crippen molar-refractivity contribution in [2.45, 2.75) is 38.1 Å². The summed E-state index contributed by atoms with van der Waals surface area (Å²) in [7, 11) is 5.75. The highest BCUT2D eigenvalue weighted by Gasteiger charge is 2.27. The minimum absolute atomic E-state index is 0.0151. The normalized spacial score (nSPS) is 16.4. The largest absolute Gasteiger partial charge is 0.439 e. The van der Waals surface area contributed by atoms with E-state index in [2.05, 4.69) is 21.5 Å². The van der Waals surface area contributed by atoms with Gasteiger partial charge < -0.3 is 29.4 Å². The summed E-state index contributed by atoms with van der Waals surface area (Å²) in [6, 6.07) is 9.77. The lowest BCUT2D eigenvalue weighted by molar-refractivity contribution is -0.880. The zero-order chi connectivity index (χ0) is 30.5. The molecule has 0 spiro atoms. The number of benzene rings is 1. The summed E-state index contributed by atoms with van der Waals surface area (Å²) in [6.45, 7) is 3.73. The zero-order valence-electron chi connectivity index (χ0n) is 25.4. The second-order valence-corrected chi connectivity index (χ2v) is 13.3. The molecule has 1 saturated heterocycles. The SMILES string of the molecule is CN(C)C(=O)c1cc2cnc(Cc3ccc(-c4csc5c(=O)cc(N6CC[NH+](C)CC6)oc45)cc3N)nc2n1C1CCCC1. The molecule has 10 nitrogen and oxygen atoms in total. The number of nitrogens with zero attached hydrogens (tertiary/aromatic N) is 5. The van der Waals surface area contributed by atoms with Crippen LogP contribution >= 0.6 is 11.3 Å². The molecule has 2 aliphatic rings. The fourth-order valence-electron chi connectivity index (χ4n) is 6.54. The van der Waals surface area contributed by atoms with Crippen molar-refractivity contribution in [1.82, 2.24) is 19.4 Å². The molecule has 1 aliphatic carbocycles. The molecule has 1 amide bonds. The van der Waals surface area contributed by atoms with Crippen LogP contribution < -0.4 is 21.0 Å². The van der Waals surface area contributed by atoms with Crippen LogP contribution in [0.4, 0.5) is 11.6 Å². The van der Waals surface area contributed by atoms with Crippen molar-refractivity contribution in [1.29, 1.82) is 0 Å². The summed E-state index contributed by atoms with van der Waals surface area (Å²) >= 11 is 1.40. The molecule has 4 aromatic heterocycles. The van der Waals surface area contributed by atoms with Crippen molar-refractivity contribution >= 4 is 50.1 Å². The van der Waals surface area contributed by atoms with E-state index in [1.807, 2.05) is 35.8 Å². The highest BCUT2D eigenvalue weighted by Crippen LogP contribution is 2.37. The molecular formula is C33H38N7O3S+. The van der Waals surface area contributed by atoms with Crippen molar-refractivity contribution < 1.29 is 14.1 Å². The lowest BCUT2D eigenvalue weighted by Gasteiger charge is -2.30. The predicted molar refractivity (Wildman–Crippen MR) is 175 cm³/mol. The van der Waals surface area contributed by atoms with E-state index in [4.69, 9.17) is 15.1 Å². The van der Waals surface area contributed by atoms with Crippen LogP contribution in [0.3, 0.4) is 0 Å². The number of likely N-dealkylation sites (N-methyl/N-ethyl adjacent to an activating group) is 1. The lowest BCUT2D eigenvalue weighted by Crippen LogP contribution is -3.12. The van der Waals surface area contributed by atoms with E-state index >= 15 is 0 Å². The molecule has 1 aromatic carbocycles. The van der Waals surface area contributed by atoms with Crippen molar-refractivity contribution in [2.24, 2.45) is 0 Å². The predicted octanol–water partition coefficient (Wildman–Crippen LogP) is 3.59. The molecule has 7 rings (SSSR count). The Morgan fingerprint density at radius 3 is 2.66 bits per heavy atom. The van der Waals surface area contributed by atoms with E-state index in [0.29, 0.717) is 39.8 Å². The van der Waals surface area contributed by atoms with Gasteiger partial charge in [0.05, 0.1) is 33.2 Å². The van der Waals surface area contributed by atoms with E-state index in [9.17, 15) is 9.59 Å². The van der Waals surface area contributed by atoms with E-state index in [-0.39, 0.29) is 17.4 Å². The first kappa shape index (κ1) is 28.5. The van der Waals surface area contributed by atoms with Crippen LogP contribution in [0.15, 0.2) is 51.1 Å². The highest BCUT2D eigenvalue weighted by atomic mass is 32.1. The average molecular weight is 613 g/mol. The maximum absolute atomic E-state index is 13.1. The van der Waals surface area contributed by atoms with Crippen molar-refractivity contribution in [3.8, 4) is 11.1 Å². The number of amides is 1. The molecule has 5 heterocycles. The minimum atomic E-state index is -0.0234. The Labute approximate surface area is 259 Å². The third kappa shape index (κ3) is 5.13. The summed E-state index contributed by atoms with van der Waals surface area (Å²) < 4.78 is 9.12. The quantitative estimate of drug-likeness (QED) is 0.282. The Morgan fingerprint density at radius 1 is 1.16 bits per heavy atom. The monoisotopic (exact) mass is 612 g/mol. The Kier molecular flexibility index (Phi) is 7.37. The molecule has 0 atom stereocenters. The zero-order valence-corrected chi connectivity index (χ0v) is 26.2. The van der Waals surface area contributed by atoms with Gasteiger partial charge in [-0.15, -0.1) is 11.3 Å². The van der Waals surface area contributed by atoms with Gasteiger partial charge in [-0.3, -0.25) is 9.59 Å². The van der Waals surface area contributed by atoms with Gasteiger partial charge in [-0.1, -0.05) is 25.0 Å². The summed E-state index contributed by atoms with van der Waals surface area (Å²) in [5.74, 6) is 1.26. The van der Waals surface area contributed by atoms with Gasteiger partial charge in [-0.25, -0.2) is 9.97 Å². The number of fused-ring (bicyclic) bond motifs is 2. The van der Waals surface area contributed by atoms with Gasteiger partial charge in [-0.2, -0.15) is 0 Å². The molecule has 0 unspecified atom stereocenters. The topological polar surface area (TPSA) is 115 Å². The molecule has 5 aromatic rings. The number of nitrogen functional groups attached to an aromatic ring is 1. The number of quaternary nitrogens is 1. The first-order valence-electron chi connectivity index (χ1n) is 15.4. The number of nitrogens with one attached hydrogen (secondary N) is 1. The van der Waals surface area contributed by atoms with E-state index in [1.165, 1.54) is 16.2 Å². The maximum Gasteiger partial charge on any atom is 0.270 e. The summed E-state index contributed by atoms with van der Waals surface area (Å²) in [4.78, 5) is 41.0. The van der Waals surface area contributed by atoms with Crippen molar-refractivity contribution in [3.05, 3.63) is 69.2 Å². The smallest absolute Gasteiger partial charge is 0.270 e. The van der Waals surface area contributed by atoms with E-state index in [0.717, 1.165) is 79.6 Å². The second-order valence-electron chi connectivity index (χ2n) is 12.4. The first-order chi connectivity index (χ1) is 21.3. The standard InChI is InChI=1S/C33H37N7O3S/c1-37(2)33(42)26-15-22-18-35-28(36-32(22)40(26)23-6-4-5-7-23)16-21-9-8-20(14-25(21)34)24-19-44-31-27(41)17-29(43-30(24)31)39-12-10-38(3)11-13-39/h8-9,14-15,17-19,23H,4-7,10-13,16,34H2,1-3H3/p+1. The number of carbonyl (C=O) groups is 1. The van der Waals surface area contributed by atoms with Crippen LogP contribution in [0.1, 0.15) is 53.6 Å². The first-order valence-corrected chi connectivity index (χ1v) is 16.2. The van der Waals surface area contributed by atoms with Gasteiger partial charge in [0.25, 0.3) is 5.91 Å². The maximum atomic E-state index is 13.1. The Balaban J connectivity index is 1.20. The number of thiophene rings is 1. The van der Waals surface area contributed by atoms with Crippen molar-refractivity contribution in [3.63, 3.8) is 0 Å². The molecule has 11 heteroatoms. The number of hydrogen-bond donors (Lipinski definition) is 2. The Morgan fingerprint density at radius 2 is 1.93 bits per heavy atom. The Hall–Kier alpha value is -4.22. The van der Waals surface area contributed by atoms with Gasteiger partial charge in [0.2, 0.25) is 11.3 Å². The van der Waals surface area contributed by atoms with Gasteiger partial charge in [0.1, 0.15) is 21.9 Å². The summed E-state index contributed by atoms with van der Waals surface area (Å²) in [6.07, 6.45) is 6.67. The molecule has 228 valence electrons. The van der Waals surface area contributed by atoms with Crippen LogP contribution in [0, 0.1) is 0 Å². The van der Waals surface area contributed by atoms with E-state index in [1.54, 1.807) is 25.1 Å². The molecule has 1 saturated carbocycles. The average Bonchev–Trinajstić information content (AvgIpc) is 3.77. The number of rotatable bonds is 6. The molecule has 44 heavy (non-hydrogen) atoms. The minimum Gasteiger partial charge on any atom is -0.439 e. The number of piperazine rings is 1. The number of aromatic nitrogens is 3. The third-order valence-corrected chi connectivity index (χ3v) is 10.1. The van der Waals surface area contributed by atoms with Crippen LogP contribution in [0.5, 0.6) is 0 Å². The third-order valence-electron chi connectivity index (χ3n) is 9.11. The molecule has 2 fully saturated rings. The number of nitrogens with two attached hydrogens (primary N) is 1. The van der Waals surface area contributed by atoms with Crippen LogP contribution in [-0.2, 0) is 6.42 Å². The molecule has 0 radical (unpaired) electrons. The lowest BCUT2D eigenvalue weighted by atomic mass is 10.0. The van der Waals surface area contributed by atoms with Gasteiger partial charge in [0.15, 0.2) is 5.58 Å². The van der Waals surface area contributed by atoms with Crippen LogP contribution in [-0.4, -0.2) is 72.7 Å². The number of carbonyl (C=O) groups excluding carboxylic acids is 1. The van der Waals surface area contributed by atoms with Crippen LogP contribution in [0.25, 0.3) is 32.4 Å². The highest BCUT2D eigenvalue weighted by molar-refractivity contribution is 7.17. The second kappa shape index (κ2) is 11.4.